The minimum Gasteiger partial charge on any atom is -0.349 e. The van der Waals surface area contributed by atoms with Gasteiger partial charge in [0.15, 0.2) is 5.72 Å². The van der Waals surface area contributed by atoms with E-state index in [1.807, 2.05) is 0 Å². The Morgan fingerprint density at radius 1 is 0.926 bits per heavy atom. The predicted octanol–water partition coefficient (Wildman–Crippen LogP) is 5.14. The van der Waals surface area contributed by atoms with Gasteiger partial charge in [-0.15, -0.1) is 0 Å². The van der Waals surface area contributed by atoms with Crippen molar-refractivity contribution in [2.75, 3.05) is 7.05 Å². The summed E-state index contributed by atoms with van der Waals surface area (Å²) in [5.74, 6) is 4.45. The van der Waals surface area contributed by atoms with Gasteiger partial charge in [0.1, 0.15) is 0 Å². The third kappa shape index (κ3) is 2.49. The van der Waals surface area contributed by atoms with Crippen LogP contribution < -0.4 is 0 Å². The van der Waals surface area contributed by atoms with Gasteiger partial charge in [0.25, 0.3) is 0 Å². The van der Waals surface area contributed by atoms with Crippen LogP contribution in [0.2, 0.25) is 0 Å². The van der Waals surface area contributed by atoms with Crippen molar-refractivity contribution >= 4 is 6.21 Å². The Balaban J connectivity index is 1.52. The molecule has 0 amide bonds. The largest absolute Gasteiger partial charge is 0.349 e. The van der Waals surface area contributed by atoms with Gasteiger partial charge in [-0.1, -0.05) is 39.5 Å². The van der Waals surface area contributed by atoms with E-state index in [1.54, 1.807) is 0 Å². The van der Waals surface area contributed by atoms with Gasteiger partial charge in [-0.2, -0.15) is 0 Å². The first-order valence-electron chi connectivity index (χ1n) is 11.8. The number of nitrogens with zero attached hydrogens (tertiary/aromatic N) is 2. The zero-order chi connectivity index (χ0) is 19.0. The van der Waals surface area contributed by atoms with Gasteiger partial charge in [0, 0.05) is 17.7 Å². The minimum atomic E-state index is -0.273. The molecule has 0 aromatic carbocycles. The number of fused-ring (bicyclic) bond motifs is 5. The fraction of sp³-hybridized carbons (Fsp3) is 0.958. The Morgan fingerprint density at radius 3 is 2.41 bits per heavy atom. The lowest BCUT2D eigenvalue weighted by Crippen LogP contribution is -2.62. The average molecular weight is 373 g/mol. The number of aliphatic imine (C=N–C) groups is 1. The lowest BCUT2D eigenvalue weighted by molar-refractivity contribution is -0.187. The smallest absolute Gasteiger partial charge is 0.161 e. The maximum absolute atomic E-state index is 7.20. The molecule has 0 bridgehead atoms. The topological polar surface area (TPSA) is 24.8 Å². The first-order chi connectivity index (χ1) is 12.9. The quantitative estimate of drug-likeness (QED) is 0.588. The van der Waals surface area contributed by atoms with Gasteiger partial charge in [-0.25, -0.2) is 0 Å². The van der Waals surface area contributed by atoms with E-state index in [9.17, 15) is 0 Å². The molecule has 4 fully saturated rings. The van der Waals surface area contributed by atoms with E-state index in [0.717, 1.165) is 17.8 Å². The maximum Gasteiger partial charge on any atom is 0.161 e. The summed E-state index contributed by atoms with van der Waals surface area (Å²) >= 11 is 0. The molecule has 1 saturated heterocycles. The van der Waals surface area contributed by atoms with Crippen LogP contribution in [0.15, 0.2) is 4.99 Å². The second-order valence-corrected chi connectivity index (χ2v) is 11.3. The zero-order valence-electron chi connectivity index (χ0n) is 18.2. The fourth-order valence-corrected chi connectivity index (χ4v) is 8.29. The maximum atomic E-state index is 7.20. The van der Waals surface area contributed by atoms with Gasteiger partial charge in [-0.3, -0.25) is 9.89 Å². The van der Waals surface area contributed by atoms with Gasteiger partial charge in [0.2, 0.25) is 0 Å². The van der Waals surface area contributed by atoms with Crippen molar-refractivity contribution in [3.63, 3.8) is 0 Å². The van der Waals surface area contributed by atoms with Crippen LogP contribution in [0, 0.1) is 35.5 Å². The average Bonchev–Trinajstić information content (AvgIpc) is 2.84. The van der Waals surface area contributed by atoms with E-state index in [1.165, 1.54) is 51.4 Å². The van der Waals surface area contributed by atoms with Crippen molar-refractivity contribution in [2.45, 2.75) is 102 Å². The summed E-state index contributed by atoms with van der Waals surface area (Å²) in [5.41, 5.74) is -0.107. The van der Waals surface area contributed by atoms with Crippen molar-refractivity contribution in [1.29, 1.82) is 0 Å². The van der Waals surface area contributed by atoms with Crippen LogP contribution >= 0.6 is 0 Å². The first-order valence-corrected chi connectivity index (χ1v) is 11.8. The molecule has 9 atom stereocenters. The van der Waals surface area contributed by atoms with E-state index >= 15 is 0 Å². The second-order valence-electron chi connectivity index (χ2n) is 11.3. The van der Waals surface area contributed by atoms with Crippen molar-refractivity contribution in [1.82, 2.24) is 4.90 Å². The van der Waals surface area contributed by atoms with E-state index in [0.29, 0.717) is 29.9 Å². The minimum absolute atomic E-state index is 0.166. The highest BCUT2D eigenvalue weighted by Crippen LogP contribution is 2.60. The van der Waals surface area contributed by atoms with Crippen molar-refractivity contribution < 1.29 is 4.74 Å². The molecule has 3 heteroatoms. The molecule has 5 rings (SSSR count). The summed E-state index contributed by atoms with van der Waals surface area (Å²) in [7, 11) is 2.32. The van der Waals surface area contributed by atoms with Gasteiger partial charge < -0.3 is 4.74 Å². The number of rotatable bonds is 0. The summed E-state index contributed by atoms with van der Waals surface area (Å²) in [5, 5.41) is 0. The third-order valence-corrected chi connectivity index (χ3v) is 9.75. The number of ether oxygens (including phenoxy) is 1. The molecule has 0 N–H and O–H groups in total. The summed E-state index contributed by atoms with van der Waals surface area (Å²) in [4.78, 5) is 7.93. The standard InChI is InChI=1S/C24H40N2O/c1-15-10-11-16(2)21-20(15)23(3,4)26(5)24(21)14-25-22-18-9-7-6-8-17(18)12-13-19(22)27-24/h14-22H,6-13H2,1-5H3. The highest BCUT2D eigenvalue weighted by molar-refractivity contribution is 5.71. The normalized spacial score (nSPS) is 54.4. The van der Waals surface area contributed by atoms with E-state index < -0.39 is 0 Å². The summed E-state index contributed by atoms with van der Waals surface area (Å²) < 4.78 is 7.20. The molecule has 3 aliphatic carbocycles. The molecule has 0 radical (unpaired) electrons. The van der Waals surface area contributed by atoms with E-state index in [-0.39, 0.29) is 11.3 Å². The van der Waals surface area contributed by atoms with Crippen LogP contribution in [0.5, 0.6) is 0 Å². The van der Waals surface area contributed by atoms with E-state index in [2.05, 4.69) is 45.9 Å². The Hall–Kier alpha value is -0.410. The van der Waals surface area contributed by atoms with Crippen LogP contribution in [-0.2, 0) is 4.74 Å². The summed E-state index contributed by atoms with van der Waals surface area (Å²) in [6, 6.07) is 0.432. The van der Waals surface area contributed by atoms with Gasteiger partial charge >= 0.3 is 0 Å². The summed E-state index contributed by atoms with van der Waals surface area (Å²) in [6.45, 7) is 9.86. The van der Waals surface area contributed by atoms with Crippen LogP contribution in [0.3, 0.4) is 0 Å². The van der Waals surface area contributed by atoms with Crippen molar-refractivity contribution in [3.8, 4) is 0 Å². The number of hydrogen-bond acceptors (Lipinski definition) is 3. The van der Waals surface area contributed by atoms with Gasteiger partial charge in [0.05, 0.1) is 12.1 Å². The Bertz CT molecular complexity index is 616. The highest BCUT2D eigenvalue weighted by atomic mass is 16.5. The molecule has 5 aliphatic rings. The SMILES string of the molecule is CC1CCC(C)C2C1C(C)(C)N(C)C21C=NC2C(CCC3CCCCC32)O1. The number of hydrogen-bond donors (Lipinski definition) is 0. The molecule has 2 heterocycles. The van der Waals surface area contributed by atoms with Crippen molar-refractivity contribution in [3.05, 3.63) is 0 Å². The molecule has 3 nitrogen and oxygen atoms in total. The monoisotopic (exact) mass is 372 g/mol. The van der Waals surface area contributed by atoms with E-state index in [4.69, 9.17) is 9.73 Å². The second kappa shape index (κ2) is 6.29. The van der Waals surface area contributed by atoms with Crippen LogP contribution in [0.25, 0.3) is 0 Å². The Morgan fingerprint density at radius 2 is 1.63 bits per heavy atom. The molecular formula is C24H40N2O. The lowest BCUT2D eigenvalue weighted by atomic mass is 9.61. The molecule has 1 spiro atoms. The number of likely N-dealkylation sites (tertiary alicyclic amines) is 1. The highest BCUT2D eigenvalue weighted by Gasteiger charge is 2.66. The third-order valence-electron chi connectivity index (χ3n) is 9.75. The molecular weight excluding hydrogens is 332 g/mol. The lowest BCUT2D eigenvalue weighted by Gasteiger charge is -2.52. The van der Waals surface area contributed by atoms with Gasteiger partial charge in [-0.05, 0) is 76.2 Å². The molecule has 2 aliphatic heterocycles. The molecule has 0 aromatic rings. The van der Waals surface area contributed by atoms with Crippen LogP contribution in [0.1, 0.15) is 79.1 Å². The Labute approximate surface area is 166 Å². The predicted molar refractivity (Wildman–Crippen MR) is 111 cm³/mol. The molecule has 9 unspecified atom stereocenters. The summed E-state index contributed by atoms with van der Waals surface area (Å²) in [6.07, 6.45) is 13.6. The Kier molecular flexibility index (Phi) is 4.34. The molecule has 0 aromatic heterocycles. The van der Waals surface area contributed by atoms with Crippen LogP contribution in [-0.4, -0.2) is 41.6 Å². The molecule has 3 saturated carbocycles. The zero-order valence-corrected chi connectivity index (χ0v) is 18.2. The first kappa shape index (κ1) is 18.6. The van der Waals surface area contributed by atoms with Crippen molar-refractivity contribution in [2.24, 2.45) is 40.5 Å². The molecule has 27 heavy (non-hydrogen) atoms. The van der Waals surface area contributed by atoms with Crippen LogP contribution in [0.4, 0.5) is 0 Å². The fourth-order valence-electron chi connectivity index (χ4n) is 8.29. The molecule has 152 valence electrons.